The van der Waals surface area contributed by atoms with Gasteiger partial charge in [0.1, 0.15) is 10.8 Å². The second kappa shape index (κ2) is 9.57. The fraction of sp³-hybridized carbons (Fsp3) is 0.222. The number of hydrogen-bond donors (Lipinski definition) is 1. The Labute approximate surface area is 240 Å². The summed E-state index contributed by atoms with van der Waals surface area (Å²) >= 11 is 1.61. The van der Waals surface area contributed by atoms with Crippen molar-refractivity contribution in [2.75, 3.05) is 0 Å². The molecule has 0 bridgehead atoms. The number of benzene rings is 4. The number of fused-ring (bicyclic) bond motifs is 2. The zero-order chi connectivity index (χ0) is 28.2. The summed E-state index contributed by atoms with van der Waals surface area (Å²) in [4.78, 5) is 10.1. The van der Waals surface area contributed by atoms with Gasteiger partial charge in [0, 0.05) is 22.7 Å². The Kier molecular flexibility index (Phi) is 6.27. The lowest BCUT2D eigenvalue weighted by atomic mass is 9.74. The number of phenolic OH excluding ortho intramolecular Hbond substituents is 1. The molecule has 0 amide bonds. The van der Waals surface area contributed by atoms with Crippen molar-refractivity contribution < 1.29 is 5.11 Å². The third-order valence-electron chi connectivity index (χ3n) is 7.52. The molecule has 0 spiro atoms. The van der Waals surface area contributed by atoms with E-state index in [-0.39, 0.29) is 16.6 Å². The Morgan fingerprint density at radius 1 is 0.625 bits per heavy atom. The molecule has 6 rings (SSSR count). The third kappa shape index (κ3) is 4.67. The molecule has 0 fully saturated rings. The molecule has 0 radical (unpaired) electrons. The predicted molar refractivity (Wildman–Crippen MR) is 170 cm³/mol. The topological polar surface area (TPSA) is 46.0 Å². The molecular weight excluding hydrogens is 508 g/mol. The molecule has 0 aliphatic heterocycles. The second-order valence-electron chi connectivity index (χ2n) is 12.5. The molecule has 3 nitrogen and oxygen atoms in total. The summed E-state index contributed by atoms with van der Waals surface area (Å²) in [7, 11) is 0. The van der Waals surface area contributed by atoms with Gasteiger partial charge >= 0.3 is 0 Å². The number of phenols is 1. The number of aromatic nitrogens is 2. The van der Waals surface area contributed by atoms with Crippen LogP contribution in [0.4, 0.5) is 0 Å². The molecule has 200 valence electrons. The Morgan fingerprint density at radius 3 is 2.00 bits per heavy atom. The van der Waals surface area contributed by atoms with Crippen molar-refractivity contribution in [3.05, 3.63) is 102 Å². The minimum atomic E-state index is -0.0939. The lowest BCUT2D eigenvalue weighted by molar-refractivity contribution is 0.477. The Balaban J connectivity index is 1.65. The number of rotatable bonds is 3. The normalized spacial score (nSPS) is 12.3. The molecule has 4 heteroatoms. The zero-order valence-corrected chi connectivity index (χ0v) is 24.7. The van der Waals surface area contributed by atoms with E-state index in [2.05, 4.69) is 102 Å². The highest BCUT2D eigenvalue weighted by atomic mass is 32.1. The van der Waals surface area contributed by atoms with Gasteiger partial charge in [0.05, 0.1) is 21.5 Å². The second-order valence-corrected chi connectivity index (χ2v) is 13.6. The Bertz CT molecular complexity index is 1890. The zero-order valence-electron chi connectivity index (χ0n) is 23.9. The monoisotopic (exact) mass is 542 g/mol. The van der Waals surface area contributed by atoms with Gasteiger partial charge < -0.3 is 5.11 Å². The number of para-hydroxylation sites is 2. The summed E-state index contributed by atoms with van der Waals surface area (Å²) in [5, 5.41) is 13.7. The first-order chi connectivity index (χ1) is 19.0. The minimum absolute atomic E-state index is 0.0775. The number of thiazole rings is 1. The van der Waals surface area contributed by atoms with Crippen molar-refractivity contribution in [3.8, 4) is 38.7 Å². The highest BCUT2D eigenvalue weighted by Gasteiger charge is 2.28. The van der Waals surface area contributed by atoms with E-state index < -0.39 is 0 Å². The van der Waals surface area contributed by atoms with E-state index in [4.69, 9.17) is 9.97 Å². The average molecular weight is 543 g/mol. The van der Waals surface area contributed by atoms with Crippen LogP contribution in [-0.4, -0.2) is 15.1 Å². The van der Waals surface area contributed by atoms with Gasteiger partial charge in [0.15, 0.2) is 0 Å². The summed E-state index contributed by atoms with van der Waals surface area (Å²) in [6, 6.07) is 29.2. The van der Waals surface area contributed by atoms with Crippen molar-refractivity contribution in [1.82, 2.24) is 9.97 Å². The summed E-state index contributed by atoms with van der Waals surface area (Å²) in [5.41, 5.74) is 8.51. The van der Waals surface area contributed by atoms with E-state index in [9.17, 15) is 5.11 Å². The number of nitrogens with zero attached hydrogens (tertiary/aromatic N) is 2. The third-order valence-corrected chi connectivity index (χ3v) is 8.58. The maximum atomic E-state index is 10.5. The van der Waals surface area contributed by atoms with Crippen molar-refractivity contribution in [3.63, 3.8) is 0 Å². The molecule has 40 heavy (non-hydrogen) atoms. The van der Waals surface area contributed by atoms with Crippen LogP contribution in [0, 0.1) is 0 Å². The largest absolute Gasteiger partial charge is 0.507 e. The maximum Gasteiger partial charge on any atom is 0.128 e. The standard InChI is InChI=1S/C36H34N2OS/c1-35(2,3)28-20-29(36(4,5)6)27(30-18-22-12-7-8-13-23(22)21-37-30)19-26(28)24-15-11-17-32-33(24)38-34(40-32)25-14-9-10-16-31(25)39/h7-21,39H,1-6H3. The molecule has 2 heterocycles. The fourth-order valence-corrected chi connectivity index (χ4v) is 6.47. The molecule has 2 aromatic heterocycles. The number of pyridine rings is 1. The highest BCUT2D eigenvalue weighted by molar-refractivity contribution is 7.21. The Hall–Kier alpha value is -4.02. The highest BCUT2D eigenvalue weighted by Crippen LogP contribution is 2.45. The van der Waals surface area contributed by atoms with Gasteiger partial charge in [-0.2, -0.15) is 0 Å². The summed E-state index contributed by atoms with van der Waals surface area (Å²) < 4.78 is 1.10. The minimum Gasteiger partial charge on any atom is -0.507 e. The summed E-state index contributed by atoms with van der Waals surface area (Å²) in [6.07, 6.45) is 1.98. The van der Waals surface area contributed by atoms with Crippen LogP contribution < -0.4 is 0 Å². The quantitative estimate of drug-likeness (QED) is 0.242. The fourth-order valence-electron chi connectivity index (χ4n) is 5.44. The van der Waals surface area contributed by atoms with E-state index in [1.54, 1.807) is 17.4 Å². The predicted octanol–water partition coefficient (Wildman–Crippen LogP) is 10.1. The first-order valence-corrected chi connectivity index (χ1v) is 14.5. The van der Waals surface area contributed by atoms with E-state index >= 15 is 0 Å². The molecule has 0 saturated carbocycles. The molecule has 1 N–H and O–H groups in total. The van der Waals surface area contributed by atoms with Gasteiger partial charge in [-0.05, 0) is 63.2 Å². The van der Waals surface area contributed by atoms with Gasteiger partial charge in [0.25, 0.3) is 0 Å². The number of hydrogen-bond acceptors (Lipinski definition) is 4. The van der Waals surface area contributed by atoms with Crippen molar-refractivity contribution in [2.24, 2.45) is 0 Å². The van der Waals surface area contributed by atoms with Gasteiger partial charge in [-0.1, -0.05) is 96.1 Å². The molecule has 0 atom stereocenters. The van der Waals surface area contributed by atoms with E-state index in [1.165, 1.54) is 22.1 Å². The first kappa shape index (κ1) is 26.2. The lowest BCUT2D eigenvalue weighted by Gasteiger charge is -2.30. The summed E-state index contributed by atoms with van der Waals surface area (Å²) in [5.74, 6) is 0.248. The van der Waals surface area contributed by atoms with Crippen molar-refractivity contribution in [1.29, 1.82) is 0 Å². The maximum absolute atomic E-state index is 10.5. The lowest BCUT2D eigenvalue weighted by Crippen LogP contribution is -2.19. The molecular formula is C36H34N2OS. The van der Waals surface area contributed by atoms with Crippen LogP contribution in [0.1, 0.15) is 52.7 Å². The van der Waals surface area contributed by atoms with Crippen LogP contribution in [0.3, 0.4) is 0 Å². The average Bonchev–Trinajstić information content (AvgIpc) is 3.35. The van der Waals surface area contributed by atoms with Crippen molar-refractivity contribution in [2.45, 2.75) is 52.4 Å². The summed E-state index contributed by atoms with van der Waals surface area (Å²) in [6.45, 7) is 13.7. The molecule has 6 aromatic rings. The van der Waals surface area contributed by atoms with Crippen LogP contribution in [0.2, 0.25) is 0 Å². The molecule has 0 aliphatic carbocycles. The van der Waals surface area contributed by atoms with Gasteiger partial charge in [-0.3, -0.25) is 4.98 Å². The van der Waals surface area contributed by atoms with E-state index in [0.29, 0.717) is 0 Å². The molecule has 0 unspecified atom stereocenters. The number of aromatic hydroxyl groups is 1. The van der Waals surface area contributed by atoms with Crippen LogP contribution >= 0.6 is 11.3 Å². The van der Waals surface area contributed by atoms with E-state index in [1.807, 2.05) is 24.4 Å². The van der Waals surface area contributed by atoms with E-state index in [0.717, 1.165) is 43.0 Å². The first-order valence-electron chi connectivity index (χ1n) is 13.7. The van der Waals surface area contributed by atoms with Gasteiger partial charge in [0.2, 0.25) is 0 Å². The van der Waals surface area contributed by atoms with Crippen LogP contribution in [0.5, 0.6) is 5.75 Å². The van der Waals surface area contributed by atoms with Crippen LogP contribution in [-0.2, 0) is 10.8 Å². The van der Waals surface area contributed by atoms with Crippen LogP contribution in [0.15, 0.2) is 91.1 Å². The van der Waals surface area contributed by atoms with Gasteiger partial charge in [-0.15, -0.1) is 11.3 Å². The molecule has 0 saturated heterocycles. The SMILES string of the molecule is CC(C)(C)c1cc(C(C)(C)C)c(-c2cccc3sc(-c4ccccc4O)nc23)cc1-c1cc2ccccc2cn1. The molecule has 0 aliphatic rings. The Morgan fingerprint density at radius 2 is 1.27 bits per heavy atom. The van der Waals surface area contributed by atoms with Gasteiger partial charge in [-0.25, -0.2) is 4.98 Å². The van der Waals surface area contributed by atoms with Crippen LogP contribution in [0.25, 0.3) is 53.9 Å². The smallest absolute Gasteiger partial charge is 0.128 e. The van der Waals surface area contributed by atoms with Crippen molar-refractivity contribution >= 4 is 32.3 Å². The molecule has 4 aromatic carbocycles.